The molecule has 1 atom stereocenters. The van der Waals surface area contributed by atoms with Crippen LogP contribution in [0.2, 0.25) is 0 Å². The summed E-state index contributed by atoms with van der Waals surface area (Å²) in [5.41, 5.74) is 0. The first-order valence-electron chi connectivity index (χ1n) is 7.08. The normalized spacial score (nSPS) is 18.7. The second-order valence-electron chi connectivity index (χ2n) is 5.14. The first-order valence-corrected chi connectivity index (χ1v) is 7.90. The summed E-state index contributed by atoms with van der Waals surface area (Å²) in [4.78, 5) is 12.3. The van der Waals surface area contributed by atoms with Crippen LogP contribution in [0.1, 0.15) is 16.3 Å². The monoisotopic (exact) mass is 424 g/mol. The van der Waals surface area contributed by atoms with E-state index in [4.69, 9.17) is 4.74 Å². The highest BCUT2D eigenvalue weighted by Crippen LogP contribution is 2.16. The zero-order valence-electron chi connectivity index (χ0n) is 13.0. The van der Waals surface area contributed by atoms with E-state index in [9.17, 15) is 0 Å². The molecule has 1 aromatic rings. The highest BCUT2D eigenvalue weighted by Gasteiger charge is 2.24. The number of hydrogen-bond donors (Lipinski definition) is 1. The molecule has 2 rings (SSSR count). The standard InChI is InChI=1S/C14H24N4OS.HI/c1-11-8-17-13(20-11)4-6-16-14(15-2)18-7-5-12(9-18)10-19-3;/h8,12H,4-7,9-10H2,1-3H3,(H,15,16);1H. The second kappa shape index (κ2) is 9.58. The Balaban J connectivity index is 0.00000220. The number of ether oxygens (including phenoxy) is 1. The van der Waals surface area contributed by atoms with Gasteiger partial charge >= 0.3 is 0 Å². The fraction of sp³-hybridized carbons (Fsp3) is 0.714. The quantitative estimate of drug-likeness (QED) is 0.447. The van der Waals surface area contributed by atoms with Gasteiger partial charge in [0.2, 0.25) is 0 Å². The zero-order valence-corrected chi connectivity index (χ0v) is 16.1. The van der Waals surface area contributed by atoms with Gasteiger partial charge in [-0.05, 0) is 13.3 Å². The number of aryl methyl sites for hydroxylation is 1. The molecule has 7 heteroatoms. The summed E-state index contributed by atoms with van der Waals surface area (Å²) >= 11 is 1.77. The van der Waals surface area contributed by atoms with Crippen molar-refractivity contribution < 1.29 is 4.74 Å². The summed E-state index contributed by atoms with van der Waals surface area (Å²) in [6.45, 7) is 5.90. The summed E-state index contributed by atoms with van der Waals surface area (Å²) in [6, 6.07) is 0. The Hall–Kier alpha value is -0.410. The lowest BCUT2D eigenvalue weighted by Crippen LogP contribution is -2.41. The fourth-order valence-electron chi connectivity index (χ4n) is 2.53. The maximum atomic E-state index is 5.23. The summed E-state index contributed by atoms with van der Waals surface area (Å²) in [5.74, 6) is 1.62. The minimum absolute atomic E-state index is 0. The van der Waals surface area contributed by atoms with Crippen molar-refractivity contribution in [1.29, 1.82) is 0 Å². The van der Waals surface area contributed by atoms with Crippen molar-refractivity contribution in [2.45, 2.75) is 19.8 Å². The summed E-state index contributed by atoms with van der Waals surface area (Å²) in [7, 11) is 3.62. The Kier molecular flexibility index (Phi) is 8.50. The van der Waals surface area contributed by atoms with Crippen LogP contribution in [-0.2, 0) is 11.2 Å². The van der Waals surface area contributed by atoms with E-state index >= 15 is 0 Å². The van der Waals surface area contributed by atoms with E-state index in [0.717, 1.165) is 38.6 Å². The molecule has 0 radical (unpaired) electrons. The fourth-order valence-corrected chi connectivity index (χ4v) is 3.31. The number of likely N-dealkylation sites (tertiary alicyclic amines) is 1. The van der Waals surface area contributed by atoms with Gasteiger partial charge in [-0.3, -0.25) is 4.99 Å². The molecule has 1 aromatic heterocycles. The molecule has 0 amide bonds. The summed E-state index contributed by atoms with van der Waals surface area (Å²) < 4.78 is 5.23. The first-order chi connectivity index (χ1) is 9.72. The molecule has 21 heavy (non-hydrogen) atoms. The molecule has 0 spiro atoms. The van der Waals surface area contributed by atoms with Crippen LogP contribution in [0.3, 0.4) is 0 Å². The van der Waals surface area contributed by atoms with E-state index < -0.39 is 0 Å². The lowest BCUT2D eigenvalue weighted by Gasteiger charge is -2.21. The number of rotatable bonds is 5. The highest BCUT2D eigenvalue weighted by molar-refractivity contribution is 14.0. The number of thiazole rings is 1. The third-order valence-corrected chi connectivity index (χ3v) is 4.46. The molecule has 0 aliphatic carbocycles. The van der Waals surface area contributed by atoms with Crippen LogP contribution in [0.4, 0.5) is 0 Å². The van der Waals surface area contributed by atoms with E-state index in [0.29, 0.717) is 5.92 Å². The van der Waals surface area contributed by atoms with Crippen molar-refractivity contribution in [2.75, 3.05) is 40.4 Å². The molecular weight excluding hydrogens is 399 g/mol. The minimum atomic E-state index is 0. The van der Waals surface area contributed by atoms with Crippen LogP contribution in [0.5, 0.6) is 0 Å². The first kappa shape index (κ1) is 18.6. The number of aliphatic imine (C=N–C) groups is 1. The largest absolute Gasteiger partial charge is 0.384 e. The minimum Gasteiger partial charge on any atom is -0.384 e. The lowest BCUT2D eigenvalue weighted by molar-refractivity contribution is 0.157. The molecule has 2 heterocycles. The van der Waals surface area contributed by atoms with E-state index in [2.05, 4.69) is 27.1 Å². The number of methoxy groups -OCH3 is 1. The molecule has 1 fully saturated rings. The number of guanidine groups is 1. The van der Waals surface area contributed by atoms with Crippen molar-refractivity contribution in [2.24, 2.45) is 10.9 Å². The van der Waals surface area contributed by atoms with Crippen molar-refractivity contribution in [3.8, 4) is 0 Å². The molecule has 0 saturated carbocycles. The number of aromatic nitrogens is 1. The summed E-state index contributed by atoms with van der Waals surface area (Å²) in [5, 5.41) is 4.62. The number of halogens is 1. The predicted molar refractivity (Wildman–Crippen MR) is 98.9 cm³/mol. The Morgan fingerprint density at radius 1 is 1.62 bits per heavy atom. The van der Waals surface area contributed by atoms with Gasteiger partial charge in [0.25, 0.3) is 0 Å². The van der Waals surface area contributed by atoms with Gasteiger partial charge in [-0.25, -0.2) is 4.98 Å². The van der Waals surface area contributed by atoms with E-state index in [1.165, 1.54) is 16.3 Å². The number of hydrogen-bond acceptors (Lipinski definition) is 4. The van der Waals surface area contributed by atoms with Gasteiger partial charge in [0, 0.05) is 57.2 Å². The third-order valence-electron chi connectivity index (χ3n) is 3.49. The molecule has 1 aliphatic heterocycles. The molecule has 1 aliphatic rings. The Morgan fingerprint density at radius 3 is 3.05 bits per heavy atom. The highest BCUT2D eigenvalue weighted by atomic mass is 127. The van der Waals surface area contributed by atoms with E-state index in [-0.39, 0.29) is 24.0 Å². The topological polar surface area (TPSA) is 49.8 Å². The number of nitrogens with one attached hydrogen (secondary N) is 1. The maximum absolute atomic E-state index is 5.23. The van der Waals surface area contributed by atoms with Crippen molar-refractivity contribution in [3.63, 3.8) is 0 Å². The molecule has 1 N–H and O–H groups in total. The molecule has 5 nitrogen and oxygen atoms in total. The van der Waals surface area contributed by atoms with Gasteiger partial charge in [0.15, 0.2) is 5.96 Å². The smallest absolute Gasteiger partial charge is 0.193 e. The Morgan fingerprint density at radius 2 is 2.43 bits per heavy atom. The van der Waals surface area contributed by atoms with Crippen molar-refractivity contribution in [3.05, 3.63) is 16.1 Å². The molecule has 1 saturated heterocycles. The van der Waals surface area contributed by atoms with Crippen LogP contribution in [-0.4, -0.2) is 56.2 Å². The average Bonchev–Trinajstić information content (AvgIpc) is 3.05. The van der Waals surface area contributed by atoms with E-state index in [1.807, 2.05) is 13.2 Å². The molecule has 0 bridgehead atoms. The van der Waals surface area contributed by atoms with Gasteiger partial charge < -0.3 is 15.0 Å². The van der Waals surface area contributed by atoms with Crippen LogP contribution in [0, 0.1) is 12.8 Å². The average molecular weight is 424 g/mol. The van der Waals surface area contributed by atoms with Crippen molar-refractivity contribution in [1.82, 2.24) is 15.2 Å². The molecule has 0 aromatic carbocycles. The van der Waals surface area contributed by atoms with Crippen LogP contribution in [0.25, 0.3) is 0 Å². The SMILES string of the molecule is CN=C(NCCc1ncc(C)s1)N1CCC(COC)C1.I. The molecular formula is C14H25IN4OS. The van der Waals surface area contributed by atoms with Gasteiger partial charge in [-0.2, -0.15) is 0 Å². The third kappa shape index (κ3) is 5.71. The zero-order chi connectivity index (χ0) is 14.4. The lowest BCUT2D eigenvalue weighted by atomic mass is 10.1. The summed E-state index contributed by atoms with van der Waals surface area (Å²) in [6.07, 6.45) is 4.07. The van der Waals surface area contributed by atoms with Crippen molar-refractivity contribution >= 4 is 41.3 Å². The van der Waals surface area contributed by atoms with Crippen LogP contribution in [0.15, 0.2) is 11.2 Å². The second-order valence-corrected chi connectivity index (χ2v) is 6.46. The molecule has 120 valence electrons. The van der Waals surface area contributed by atoms with Gasteiger partial charge in [0.1, 0.15) is 0 Å². The van der Waals surface area contributed by atoms with Gasteiger partial charge in [0.05, 0.1) is 11.6 Å². The van der Waals surface area contributed by atoms with Gasteiger partial charge in [-0.15, -0.1) is 35.3 Å². The number of nitrogens with zero attached hydrogens (tertiary/aromatic N) is 3. The van der Waals surface area contributed by atoms with Crippen LogP contribution >= 0.6 is 35.3 Å². The van der Waals surface area contributed by atoms with E-state index in [1.54, 1.807) is 18.4 Å². The predicted octanol–water partition coefficient (Wildman–Crippen LogP) is 2.16. The maximum Gasteiger partial charge on any atom is 0.193 e. The van der Waals surface area contributed by atoms with Gasteiger partial charge in [-0.1, -0.05) is 0 Å². The van der Waals surface area contributed by atoms with Crippen LogP contribution < -0.4 is 5.32 Å². The Bertz CT molecular complexity index is 452. The Labute approximate surface area is 148 Å². The molecule has 1 unspecified atom stereocenters.